The van der Waals surface area contributed by atoms with E-state index in [2.05, 4.69) is 9.55 Å². The number of carbonyl (C=O) groups is 1. The Hall–Kier alpha value is -4.07. The molecular weight excluding hydrogens is 432 g/mol. The molecule has 1 saturated heterocycles. The van der Waals surface area contributed by atoms with Gasteiger partial charge < -0.3 is 14.4 Å². The maximum atomic E-state index is 12.9. The highest BCUT2D eigenvalue weighted by atomic mass is 16.5. The van der Waals surface area contributed by atoms with Gasteiger partial charge in [0, 0.05) is 54.6 Å². The van der Waals surface area contributed by atoms with Gasteiger partial charge in [0.1, 0.15) is 12.4 Å². The lowest BCUT2D eigenvalue weighted by Crippen LogP contribution is -2.41. The fraction of sp³-hybridized carbons (Fsp3) is 0.269. The Kier molecular flexibility index (Phi) is 4.69. The van der Waals surface area contributed by atoms with Crippen LogP contribution in [0.1, 0.15) is 35.8 Å². The maximum Gasteiger partial charge on any atom is 0.408 e. The summed E-state index contributed by atoms with van der Waals surface area (Å²) in [5.41, 5.74) is 4.68. The molecule has 2 bridgehead atoms. The molecule has 3 aromatic heterocycles. The number of benzene rings is 1. The number of ether oxygens (including phenoxy) is 1. The van der Waals surface area contributed by atoms with Crippen LogP contribution in [0, 0.1) is 0 Å². The molecule has 172 valence electrons. The highest BCUT2D eigenvalue weighted by Gasteiger charge is 2.45. The lowest BCUT2D eigenvalue weighted by molar-refractivity contribution is 0.116. The van der Waals surface area contributed by atoms with Crippen LogP contribution in [0.2, 0.25) is 0 Å². The molecule has 2 aliphatic rings. The molecule has 6 rings (SSSR count). The Morgan fingerprint density at radius 3 is 2.82 bits per heavy atom. The molecule has 8 heteroatoms. The number of aromatic nitrogens is 3. The van der Waals surface area contributed by atoms with E-state index in [-0.39, 0.29) is 17.6 Å². The van der Waals surface area contributed by atoms with Gasteiger partial charge in [-0.2, -0.15) is 0 Å². The third-order valence-electron chi connectivity index (χ3n) is 7.12. The predicted octanol–water partition coefficient (Wildman–Crippen LogP) is 4.04. The normalized spacial score (nSPS) is 18.8. The summed E-state index contributed by atoms with van der Waals surface area (Å²) >= 11 is 0. The quantitative estimate of drug-likeness (QED) is 0.501. The summed E-state index contributed by atoms with van der Waals surface area (Å²) in [6, 6.07) is 14.7. The van der Waals surface area contributed by atoms with Gasteiger partial charge in [-0.3, -0.25) is 19.2 Å². The Labute approximate surface area is 195 Å². The molecule has 2 unspecified atom stereocenters. The molecule has 0 aliphatic carbocycles. The first-order valence-corrected chi connectivity index (χ1v) is 11.4. The van der Waals surface area contributed by atoms with Crippen LogP contribution in [0.15, 0.2) is 65.7 Å². The standard InChI is InChI=1S/C26H24N4O4/c1-28-22-12-17(29-11-9-19(14-24(29)31)34-15-16-4-2-3-10-27-16)5-7-20(22)25-21-8-6-18(13-23(25)28)30(21)26(32)33/h2-5,7,9-12,14,18,21H,6,8,13,15H2,1H3,(H,32,33). The van der Waals surface area contributed by atoms with E-state index in [0.717, 1.165) is 47.1 Å². The van der Waals surface area contributed by atoms with Crippen molar-refractivity contribution in [2.45, 2.75) is 38.0 Å². The first-order valence-electron chi connectivity index (χ1n) is 11.4. The van der Waals surface area contributed by atoms with Gasteiger partial charge in [-0.15, -0.1) is 0 Å². The van der Waals surface area contributed by atoms with Gasteiger partial charge in [-0.1, -0.05) is 12.1 Å². The van der Waals surface area contributed by atoms with Crippen molar-refractivity contribution >= 4 is 17.0 Å². The van der Waals surface area contributed by atoms with Crippen molar-refractivity contribution in [2.24, 2.45) is 7.05 Å². The van der Waals surface area contributed by atoms with Crippen LogP contribution in [0.4, 0.5) is 4.79 Å². The van der Waals surface area contributed by atoms with E-state index in [9.17, 15) is 14.7 Å². The Morgan fingerprint density at radius 2 is 2.06 bits per heavy atom. The molecule has 1 fully saturated rings. The van der Waals surface area contributed by atoms with Gasteiger partial charge in [-0.05, 0) is 43.2 Å². The van der Waals surface area contributed by atoms with Crippen LogP contribution in [-0.4, -0.2) is 36.3 Å². The van der Waals surface area contributed by atoms with E-state index in [1.165, 1.54) is 11.8 Å². The molecule has 34 heavy (non-hydrogen) atoms. The molecule has 2 aliphatic heterocycles. The number of hydrogen-bond donors (Lipinski definition) is 1. The van der Waals surface area contributed by atoms with Crippen LogP contribution in [0.5, 0.6) is 5.75 Å². The first kappa shape index (κ1) is 20.5. The zero-order valence-corrected chi connectivity index (χ0v) is 18.7. The minimum absolute atomic E-state index is 0.0405. The summed E-state index contributed by atoms with van der Waals surface area (Å²) in [6.07, 6.45) is 5.05. The Balaban J connectivity index is 1.33. The summed E-state index contributed by atoms with van der Waals surface area (Å²) in [6.45, 7) is 0.292. The molecule has 1 amide bonds. The van der Waals surface area contributed by atoms with Crippen molar-refractivity contribution in [3.8, 4) is 11.4 Å². The molecule has 4 aromatic rings. The van der Waals surface area contributed by atoms with E-state index in [4.69, 9.17) is 4.74 Å². The van der Waals surface area contributed by atoms with Gasteiger partial charge in [0.15, 0.2) is 0 Å². The zero-order chi connectivity index (χ0) is 23.4. The molecule has 2 atom stereocenters. The average molecular weight is 457 g/mol. The highest BCUT2D eigenvalue weighted by Crippen LogP contribution is 2.47. The molecular formula is C26H24N4O4. The van der Waals surface area contributed by atoms with E-state index in [0.29, 0.717) is 12.4 Å². The van der Waals surface area contributed by atoms with Crippen LogP contribution in [0.25, 0.3) is 16.6 Å². The number of pyridine rings is 2. The van der Waals surface area contributed by atoms with Crippen LogP contribution in [-0.2, 0) is 20.1 Å². The van der Waals surface area contributed by atoms with Crippen molar-refractivity contribution in [1.82, 2.24) is 19.0 Å². The predicted molar refractivity (Wildman–Crippen MR) is 126 cm³/mol. The lowest BCUT2D eigenvalue weighted by atomic mass is 9.97. The Bertz CT molecular complexity index is 1470. The molecule has 0 spiro atoms. The number of hydrogen-bond acceptors (Lipinski definition) is 4. The van der Waals surface area contributed by atoms with Gasteiger partial charge in [0.05, 0.1) is 22.9 Å². The van der Waals surface area contributed by atoms with Crippen LogP contribution in [0.3, 0.4) is 0 Å². The van der Waals surface area contributed by atoms with Crippen molar-refractivity contribution in [3.05, 3.63) is 88.2 Å². The van der Waals surface area contributed by atoms with Gasteiger partial charge in [0.2, 0.25) is 0 Å². The molecule has 0 radical (unpaired) electrons. The molecule has 5 heterocycles. The third kappa shape index (κ3) is 3.17. The number of carboxylic acid groups (broad SMARTS) is 1. The maximum absolute atomic E-state index is 12.9. The number of rotatable bonds is 4. The minimum atomic E-state index is -0.844. The minimum Gasteiger partial charge on any atom is -0.487 e. The summed E-state index contributed by atoms with van der Waals surface area (Å²) in [5.74, 6) is 0.493. The molecule has 1 aromatic carbocycles. The summed E-state index contributed by atoms with van der Waals surface area (Å²) in [5, 5.41) is 10.8. The average Bonchev–Trinajstić information content (AvgIpc) is 3.31. The molecule has 1 N–H and O–H groups in total. The van der Waals surface area contributed by atoms with Crippen molar-refractivity contribution in [2.75, 3.05) is 0 Å². The topological polar surface area (TPSA) is 89.6 Å². The van der Waals surface area contributed by atoms with Crippen molar-refractivity contribution < 1.29 is 14.6 Å². The first-order chi connectivity index (χ1) is 16.5. The summed E-state index contributed by atoms with van der Waals surface area (Å²) in [4.78, 5) is 30.6. The number of aryl methyl sites for hydroxylation is 1. The second-order valence-corrected chi connectivity index (χ2v) is 8.94. The van der Waals surface area contributed by atoms with Gasteiger partial charge in [0.25, 0.3) is 5.56 Å². The van der Waals surface area contributed by atoms with E-state index < -0.39 is 6.09 Å². The summed E-state index contributed by atoms with van der Waals surface area (Å²) in [7, 11) is 2.03. The van der Waals surface area contributed by atoms with Crippen LogP contribution >= 0.6 is 0 Å². The number of fused-ring (bicyclic) bond motifs is 6. The fourth-order valence-corrected chi connectivity index (χ4v) is 5.56. The van der Waals surface area contributed by atoms with Gasteiger partial charge in [-0.25, -0.2) is 4.79 Å². The highest BCUT2D eigenvalue weighted by molar-refractivity contribution is 5.89. The van der Waals surface area contributed by atoms with E-state index >= 15 is 0 Å². The smallest absolute Gasteiger partial charge is 0.408 e. The van der Waals surface area contributed by atoms with Gasteiger partial charge >= 0.3 is 6.09 Å². The fourth-order valence-electron chi connectivity index (χ4n) is 5.56. The monoisotopic (exact) mass is 456 g/mol. The second kappa shape index (κ2) is 7.76. The lowest BCUT2D eigenvalue weighted by Gasteiger charge is -2.33. The van der Waals surface area contributed by atoms with Crippen molar-refractivity contribution in [3.63, 3.8) is 0 Å². The largest absolute Gasteiger partial charge is 0.487 e. The van der Waals surface area contributed by atoms with E-state index in [1.807, 2.05) is 43.4 Å². The third-order valence-corrected chi connectivity index (χ3v) is 7.12. The van der Waals surface area contributed by atoms with Crippen LogP contribution < -0.4 is 10.3 Å². The number of amides is 1. The van der Waals surface area contributed by atoms with Crippen molar-refractivity contribution in [1.29, 1.82) is 0 Å². The molecule has 0 saturated carbocycles. The second-order valence-electron chi connectivity index (χ2n) is 8.94. The van der Waals surface area contributed by atoms with E-state index in [1.54, 1.807) is 27.9 Å². The number of nitrogens with zero attached hydrogens (tertiary/aromatic N) is 4. The Morgan fingerprint density at radius 1 is 1.18 bits per heavy atom. The SMILES string of the molecule is Cn1c2c(c3ccc(-n4ccc(OCc5ccccn5)cc4=O)cc31)C1CCC(C2)N1C(=O)O. The summed E-state index contributed by atoms with van der Waals surface area (Å²) < 4.78 is 9.49. The molecule has 8 nitrogen and oxygen atoms in total. The zero-order valence-electron chi connectivity index (χ0n) is 18.7.